The molecule has 0 saturated carbocycles. The molecule has 2 aromatic rings. The molecule has 0 saturated heterocycles. The van der Waals surface area contributed by atoms with E-state index < -0.39 is 5.82 Å². The van der Waals surface area contributed by atoms with Crippen LogP contribution in [0.3, 0.4) is 0 Å². The zero-order valence-corrected chi connectivity index (χ0v) is 13.2. The lowest BCUT2D eigenvalue weighted by molar-refractivity contribution is 0.0747. The molecule has 0 heterocycles. The number of nitrogens with two attached hydrogens (primary N) is 1. The summed E-state index contributed by atoms with van der Waals surface area (Å²) in [5.41, 5.74) is 7.33. The van der Waals surface area contributed by atoms with Crippen molar-refractivity contribution in [2.45, 2.75) is 13.5 Å². The molecule has 0 atom stereocenters. The zero-order valence-electron chi connectivity index (χ0n) is 11.6. The van der Waals surface area contributed by atoms with E-state index in [4.69, 9.17) is 5.73 Å². The third kappa shape index (κ3) is 3.61. The molecule has 0 spiro atoms. The molecule has 2 aromatic carbocycles. The van der Waals surface area contributed by atoms with Gasteiger partial charge in [-0.2, -0.15) is 0 Å². The second-order valence-electron chi connectivity index (χ2n) is 4.66. The molecule has 0 fully saturated rings. The van der Waals surface area contributed by atoms with Gasteiger partial charge in [-0.25, -0.2) is 4.39 Å². The fraction of sp³-hybridized carbons (Fsp3) is 0.188. The minimum Gasteiger partial charge on any atom is -0.399 e. The van der Waals surface area contributed by atoms with E-state index in [1.165, 1.54) is 6.07 Å². The number of carbonyl (C=O) groups excluding carboxylic acids is 1. The highest BCUT2D eigenvalue weighted by atomic mass is 79.9. The number of carbonyl (C=O) groups is 1. The number of hydrogen-bond donors (Lipinski definition) is 1. The van der Waals surface area contributed by atoms with Gasteiger partial charge in [0.05, 0.1) is 5.56 Å². The van der Waals surface area contributed by atoms with Gasteiger partial charge in [-0.05, 0) is 52.7 Å². The lowest BCUT2D eigenvalue weighted by Gasteiger charge is -2.22. The molecule has 0 aromatic heterocycles. The van der Waals surface area contributed by atoms with Gasteiger partial charge in [0.2, 0.25) is 0 Å². The molecule has 0 aliphatic rings. The van der Waals surface area contributed by atoms with Gasteiger partial charge in [0, 0.05) is 23.2 Å². The highest BCUT2D eigenvalue weighted by molar-refractivity contribution is 9.10. The summed E-state index contributed by atoms with van der Waals surface area (Å²) in [7, 11) is 0. The van der Waals surface area contributed by atoms with Gasteiger partial charge >= 0.3 is 0 Å². The first-order valence-corrected chi connectivity index (χ1v) is 7.40. The summed E-state index contributed by atoms with van der Waals surface area (Å²) < 4.78 is 14.4. The van der Waals surface area contributed by atoms with Crippen LogP contribution >= 0.6 is 15.9 Å². The Labute approximate surface area is 131 Å². The third-order valence-electron chi connectivity index (χ3n) is 3.20. The highest BCUT2D eigenvalue weighted by Gasteiger charge is 2.20. The van der Waals surface area contributed by atoms with Crippen LogP contribution in [0.1, 0.15) is 22.8 Å². The number of hydrogen-bond acceptors (Lipinski definition) is 2. The Morgan fingerprint density at radius 3 is 2.48 bits per heavy atom. The van der Waals surface area contributed by atoms with Crippen molar-refractivity contribution in [2.75, 3.05) is 12.3 Å². The van der Waals surface area contributed by atoms with E-state index in [2.05, 4.69) is 15.9 Å². The van der Waals surface area contributed by atoms with E-state index in [0.29, 0.717) is 23.2 Å². The van der Waals surface area contributed by atoms with Crippen molar-refractivity contribution in [1.29, 1.82) is 0 Å². The molecule has 0 unspecified atom stereocenters. The smallest absolute Gasteiger partial charge is 0.258 e. The predicted octanol–water partition coefficient (Wildman–Crippen LogP) is 3.83. The lowest BCUT2D eigenvalue weighted by atomic mass is 10.1. The van der Waals surface area contributed by atoms with Gasteiger partial charge in [0.25, 0.3) is 5.91 Å². The monoisotopic (exact) mass is 350 g/mol. The summed E-state index contributed by atoms with van der Waals surface area (Å²) in [6, 6.07) is 11.8. The molecule has 3 nitrogen and oxygen atoms in total. The number of benzene rings is 2. The molecule has 21 heavy (non-hydrogen) atoms. The largest absolute Gasteiger partial charge is 0.399 e. The highest BCUT2D eigenvalue weighted by Crippen LogP contribution is 2.22. The van der Waals surface area contributed by atoms with E-state index >= 15 is 0 Å². The molecule has 0 radical (unpaired) electrons. The standard InChI is InChI=1S/C16H16BrFN2O/c1-2-20(10-11-6-8-12(19)9-7-11)16(21)15-13(17)4-3-5-14(15)18/h3-9H,2,10,19H2,1H3. The average Bonchev–Trinajstić information content (AvgIpc) is 2.46. The van der Waals surface area contributed by atoms with Crippen LogP contribution < -0.4 is 5.73 Å². The van der Waals surface area contributed by atoms with Crippen molar-refractivity contribution in [3.8, 4) is 0 Å². The minimum atomic E-state index is -0.523. The fourth-order valence-corrected chi connectivity index (χ4v) is 2.54. The van der Waals surface area contributed by atoms with E-state index in [1.807, 2.05) is 19.1 Å². The summed E-state index contributed by atoms with van der Waals surface area (Å²) in [6.45, 7) is 2.77. The van der Waals surface area contributed by atoms with E-state index in [-0.39, 0.29) is 11.5 Å². The SMILES string of the molecule is CCN(Cc1ccc(N)cc1)C(=O)c1c(F)cccc1Br. The van der Waals surface area contributed by atoms with E-state index in [9.17, 15) is 9.18 Å². The third-order valence-corrected chi connectivity index (χ3v) is 3.86. The van der Waals surface area contributed by atoms with E-state index in [0.717, 1.165) is 5.56 Å². The fourth-order valence-electron chi connectivity index (χ4n) is 2.03. The van der Waals surface area contributed by atoms with Gasteiger partial charge in [0.15, 0.2) is 0 Å². The molecule has 2 N–H and O–H groups in total. The van der Waals surface area contributed by atoms with Crippen LogP contribution in [-0.2, 0) is 6.54 Å². The van der Waals surface area contributed by atoms with Gasteiger partial charge in [0.1, 0.15) is 5.82 Å². The molecular formula is C16H16BrFN2O. The first-order chi connectivity index (χ1) is 10.0. The Morgan fingerprint density at radius 2 is 1.90 bits per heavy atom. The van der Waals surface area contributed by atoms with Crippen LogP contribution in [-0.4, -0.2) is 17.4 Å². The minimum absolute atomic E-state index is 0.0646. The number of nitrogens with zero attached hydrogens (tertiary/aromatic N) is 1. The van der Waals surface area contributed by atoms with Gasteiger partial charge in [-0.15, -0.1) is 0 Å². The second kappa shape index (κ2) is 6.72. The van der Waals surface area contributed by atoms with E-state index in [1.54, 1.807) is 29.2 Å². The maximum absolute atomic E-state index is 13.9. The van der Waals surface area contributed by atoms with Crippen molar-refractivity contribution >= 4 is 27.5 Å². The Morgan fingerprint density at radius 1 is 1.24 bits per heavy atom. The van der Waals surface area contributed by atoms with Gasteiger partial charge < -0.3 is 10.6 Å². The Bertz CT molecular complexity index is 623. The summed E-state index contributed by atoms with van der Waals surface area (Å²) in [5, 5.41) is 0. The first kappa shape index (κ1) is 15.5. The van der Waals surface area contributed by atoms with Crippen LogP contribution in [0.5, 0.6) is 0 Å². The average molecular weight is 351 g/mol. The van der Waals surface area contributed by atoms with Gasteiger partial charge in [-0.3, -0.25) is 4.79 Å². The van der Waals surface area contributed by atoms with Crippen LogP contribution in [0, 0.1) is 5.82 Å². The summed E-state index contributed by atoms with van der Waals surface area (Å²) in [4.78, 5) is 14.1. The Balaban J connectivity index is 2.24. The molecule has 5 heteroatoms. The molecule has 0 aliphatic heterocycles. The van der Waals surface area contributed by atoms with Gasteiger partial charge in [-0.1, -0.05) is 18.2 Å². The molecule has 0 bridgehead atoms. The first-order valence-electron chi connectivity index (χ1n) is 6.60. The topological polar surface area (TPSA) is 46.3 Å². The Hall–Kier alpha value is -1.88. The quantitative estimate of drug-likeness (QED) is 0.851. The maximum atomic E-state index is 13.9. The molecule has 1 amide bonds. The van der Waals surface area contributed by atoms with Crippen molar-refractivity contribution < 1.29 is 9.18 Å². The Kier molecular flexibility index (Phi) is 4.96. The molecule has 2 rings (SSSR count). The zero-order chi connectivity index (χ0) is 15.4. The summed E-state index contributed by atoms with van der Waals surface area (Å²) in [6.07, 6.45) is 0. The summed E-state index contributed by atoms with van der Waals surface area (Å²) >= 11 is 3.24. The number of halogens is 2. The normalized spacial score (nSPS) is 10.4. The molecular weight excluding hydrogens is 335 g/mol. The van der Waals surface area contributed by atoms with Crippen molar-refractivity contribution in [1.82, 2.24) is 4.90 Å². The van der Waals surface area contributed by atoms with Crippen molar-refractivity contribution in [3.63, 3.8) is 0 Å². The number of amides is 1. The molecule has 110 valence electrons. The maximum Gasteiger partial charge on any atom is 0.258 e. The predicted molar refractivity (Wildman–Crippen MR) is 85.4 cm³/mol. The van der Waals surface area contributed by atoms with Crippen molar-refractivity contribution in [2.24, 2.45) is 0 Å². The van der Waals surface area contributed by atoms with Crippen LogP contribution in [0.15, 0.2) is 46.9 Å². The number of anilines is 1. The van der Waals surface area contributed by atoms with Crippen molar-refractivity contribution in [3.05, 3.63) is 63.9 Å². The summed E-state index contributed by atoms with van der Waals surface area (Å²) in [5.74, 6) is -0.857. The van der Waals surface area contributed by atoms with Crippen LogP contribution in [0.25, 0.3) is 0 Å². The second-order valence-corrected chi connectivity index (χ2v) is 5.51. The van der Waals surface area contributed by atoms with Crippen LogP contribution in [0.2, 0.25) is 0 Å². The lowest BCUT2D eigenvalue weighted by Crippen LogP contribution is -2.31. The number of rotatable bonds is 4. The number of nitrogen functional groups attached to an aromatic ring is 1. The molecule has 0 aliphatic carbocycles. The van der Waals surface area contributed by atoms with Crippen LogP contribution in [0.4, 0.5) is 10.1 Å².